The summed E-state index contributed by atoms with van der Waals surface area (Å²) in [5.74, 6) is 2.31. The largest absolute Gasteiger partial charge is 0.497 e. The van der Waals surface area contributed by atoms with Gasteiger partial charge in [-0.05, 0) is 50.1 Å². The van der Waals surface area contributed by atoms with Crippen molar-refractivity contribution in [1.29, 1.82) is 0 Å². The van der Waals surface area contributed by atoms with Gasteiger partial charge in [-0.3, -0.25) is 4.79 Å². The molecule has 6 heteroatoms. The molecule has 2 aromatic carbocycles. The normalized spacial score (nSPS) is 12.0. The lowest BCUT2D eigenvalue weighted by molar-refractivity contribution is -0.121. The number of imidazole rings is 1. The highest BCUT2D eigenvalue weighted by Gasteiger charge is 2.17. The Morgan fingerprint density at radius 3 is 2.46 bits per heavy atom. The van der Waals surface area contributed by atoms with Crippen molar-refractivity contribution in [3.05, 3.63) is 53.9 Å². The predicted octanol–water partition coefficient (Wildman–Crippen LogP) is 3.88. The van der Waals surface area contributed by atoms with E-state index in [4.69, 9.17) is 14.5 Å². The van der Waals surface area contributed by atoms with E-state index in [-0.39, 0.29) is 11.9 Å². The maximum atomic E-state index is 12.5. The second-order valence-corrected chi connectivity index (χ2v) is 6.71. The van der Waals surface area contributed by atoms with Crippen LogP contribution in [0.1, 0.15) is 37.7 Å². The first-order chi connectivity index (χ1) is 13.5. The van der Waals surface area contributed by atoms with Crippen LogP contribution in [-0.2, 0) is 17.8 Å². The molecule has 0 aliphatic carbocycles. The van der Waals surface area contributed by atoms with Crippen LogP contribution in [0.3, 0.4) is 0 Å². The van der Waals surface area contributed by atoms with Gasteiger partial charge in [0.2, 0.25) is 5.91 Å². The molecule has 0 aliphatic rings. The summed E-state index contributed by atoms with van der Waals surface area (Å²) in [5, 5.41) is 3.07. The van der Waals surface area contributed by atoms with E-state index in [1.54, 1.807) is 14.2 Å². The highest BCUT2D eigenvalue weighted by Crippen LogP contribution is 2.24. The molecule has 1 unspecified atom stereocenters. The molecule has 148 valence electrons. The lowest BCUT2D eigenvalue weighted by atomic mass is 10.1. The van der Waals surface area contributed by atoms with Gasteiger partial charge >= 0.3 is 0 Å². The zero-order chi connectivity index (χ0) is 20.1. The minimum absolute atomic E-state index is 0.0102. The Morgan fingerprint density at radius 2 is 1.82 bits per heavy atom. The molecule has 3 aromatic rings. The smallest absolute Gasteiger partial charge is 0.220 e. The molecule has 1 heterocycles. The van der Waals surface area contributed by atoms with Gasteiger partial charge in [0.25, 0.3) is 0 Å². The number of hydrogen-bond donors (Lipinski definition) is 1. The van der Waals surface area contributed by atoms with Crippen molar-refractivity contribution < 1.29 is 14.3 Å². The number of aryl methyl sites for hydroxylation is 2. The number of nitrogens with zero attached hydrogens (tertiary/aromatic N) is 2. The van der Waals surface area contributed by atoms with Gasteiger partial charge in [0.1, 0.15) is 17.3 Å². The molecule has 0 saturated heterocycles. The van der Waals surface area contributed by atoms with Crippen molar-refractivity contribution >= 4 is 16.9 Å². The number of carbonyl (C=O) groups excluding carboxylic acids is 1. The van der Waals surface area contributed by atoms with Gasteiger partial charge in [0.15, 0.2) is 0 Å². The summed E-state index contributed by atoms with van der Waals surface area (Å²) < 4.78 is 12.7. The lowest BCUT2D eigenvalue weighted by Gasteiger charge is -2.15. The second-order valence-electron chi connectivity index (χ2n) is 6.71. The molecule has 1 atom stereocenters. The molecule has 28 heavy (non-hydrogen) atoms. The van der Waals surface area contributed by atoms with Gasteiger partial charge in [-0.15, -0.1) is 0 Å². The van der Waals surface area contributed by atoms with Gasteiger partial charge in [-0.2, -0.15) is 0 Å². The molecule has 1 N–H and O–H groups in total. The highest BCUT2D eigenvalue weighted by molar-refractivity contribution is 5.78. The van der Waals surface area contributed by atoms with Gasteiger partial charge in [-0.25, -0.2) is 4.98 Å². The highest BCUT2D eigenvalue weighted by atomic mass is 16.5. The molecule has 0 aliphatic heterocycles. The number of fused-ring (bicyclic) bond motifs is 1. The third kappa shape index (κ3) is 4.27. The van der Waals surface area contributed by atoms with E-state index in [2.05, 4.69) is 22.9 Å². The summed E-state index contributed by atoms with van der Waals surface area (Å²) in [7, 11) is 3.24. The van der Waals surface area contributed by atoms with E-state index in [9.17, 15) is 4.79 Å². The standard InChI is InChI=1S/C22H27N3O3/c1-5-25-20-9-7-6-8-19(20)24-22(25)15(2)23-21(26)11-10-16-12-17(27-3)14-18(13-16)28-4/h6-9,12-15H,5,10-11H2,1-4H3,(H,23,26). The van der Waals surface area contributed by atoms with Gasteiger partial charge in [-0.1, -0.05) is 12.1 Å². The number of methoxy groups -OCH3 is 2. The van der Waals surface area contributed by atoms with Crippen LogP contribution < -0.4 is 14.8 Å². The SMILES string of the molecule is CCn1c(C(C)NC(=O)CCc2cc(OC)cc(OC)c2)nc2ccccc21. The predicted molar refractivity (Wildman–Crippen MR) is 110 cm³/mol. The Balaban J connectivity index is 1.67. The molecule has 3 rings (SSSR count). The summed E-state index contributed by atoms with van der Waals surface area (Å²) in [6.07, 6.45) is 0.989. The van der Waals surface area contributed by atoms with E-state index in [0.29, 0.717) is 12.8 Å². The molecule has 1 aromatic heterocycles. The summed E-state index contributed by atoms with van der Waals surface area (Å²) in [6, 6.07) is 13.5. The Hall–Kier alpha value is -3.02. The number of amides is 1. The van der Waals surface area contributed by atoms with Crippen molar-refractivity contribution in [3.8, 4) is 11.5 Å². The maximum Gasteiger partial charge on any atom is 0.220 e. The first-order valence-corrected chi connectivity index (χ1v) is 9.52. The Morgan fingerprint density at radius 1 is 1.14 bits per heavy atom. The molecule has 6 nitrogen and oxygen atoms in total. The topological polar surface area (TPSA) is 65.4 Å². The number of benzene rings is 2. The molecular weight excluding hydrogens is 354 g/mol. The minimum Gasteiger partial charge on any atom is -0.497 e. The van der Waals surface area contributed by atoms with Gasteiger partial charge in [0.05, 0.1) is 31.3 Å². The average molecular weight is 381 g/mol. The fourth-order valence-electron chi connectivity index (χ4n) is 3.40. The van der Waals surface area contributed by atoms with Gasteiger partial charge < -0.3 is 19.4 Å². The molecule has 0 saturated carbocycles. The zero-order valence-corrected chi connectivity index (χ0v) is 16.9. The fourth-order valence-corrected chi connectivity index (χ4v) is 3.40. The number of hydrogen-bond acceptors (Lipinski definition) is 4. The fraction of sp³-hybridized carbons (Fsp3) is 0.364. The Kier molecular flexibility index (Phi) is 6.19. The number of aromatic nitrogens is 2. The average Bonchev–Trinajstić information content (AvgIpc) is 3.10. The van der Waals surface area contributed by atoms with E-state index >= 15 is 0 Å². The maximum absolute atomic E-state index is 12.5. The van der Waals surface area contributed by atoms with Crippen molar-refractivity contribution in [2.45, 2.75) is 39.3 Å². The third-order valence-corrected chi connectivity index (χ3v) is 4.82. The van der Waals surface area contributed by atoms with Crippen molar-refractivity contribution in [2.75, 3.05) is 14.2 Å². The first-order valence-electron chi connectivity index (χ1n) is 9.52. The van der Waals surface area contributed by atoms with E-state index in [0.717, 1.165) is 40.5 Å². The molecular formula is C22H27N3O3. The number of nitrogens with one attached hydrogen (secondary N) is 1. The molecule has 0 fully saturated rings. The van der Waals surface area contributed by atoms with Gasteiger partial charge in [0, 0.05) is 19.0 Å². The van der Waals surface area contributed by atoms with Crippen LogP contribution in [-0.4, -0.2) is 29.7 Å². The van der Waals surface area contributed by atoms with Crippen LogP contribution in [0.2, 0.25) is 0 Å². The van der Waals surface area contributed by atoms with Crippen LogP contribution >= 0.6 is 0 Å². The van der Waals surface area contributed by atoms with Crippen LogP contribution in [0.15, 0.2) is 42.5 Å². The molecule has 0 spiro atoms. The van der Waals surface area contributed by atoms with E-state index < -0.39 is 0 Å². The summed E-state index contributed by atoms with van der Waals surface area (Å²) in [5.41, 5.74) is 3.04. The lowest BCUT2D eigenvalue weighted by Crippen LogP contribution is -2.28. The van der Waals surface area contributed by atoms with Crippen LogP contribution in [0.4, 0.5) is 0 Å². The zero-order valence-electron chi connectivity index (χ0n) is 16.9. The summed E-state index contributed by atoms with van der Waals surface area (Å²) in [6.45, 7) is 4.86. The number of ether oxygens (including phenoxy) is 2. The molecule has 1 amide bonds. The van der Waals surface area contributed by atoms with Crippen LogP contribution in [0.25, 0.3) is 11.0 Å². The Labute approximate surface area is 165 Å². The minimum atomic E-state index is -0.167. The second kappa shape index (κ2) is 8.78. The molecule has 0 bridgehead atoms. The van der Waals surface area contributed by atoms with Crippen molar-refractivity contribution in [1.82, 2.24) is 14.9 Å². The number of rotatable bonds is 8. The van der Waals surface area contributed by atoms with Crippen LogP contribution in [0, 0.1) is 0 Å². The Bertz CT molecular complexity index is 943. The van der Waals surface area contributed by atoms with Crippen LogP contribution in [0.5, 0.6) is 11.5 Å². The van der Waals surface area contributed by atoms with E-state index in [1.165, 1.54) is 0 Å². The first kappa shape index (κ1) is 19.7. The summed E-state index contributed by atoms with van der Waals surface area (Å²) >= 11 is 0. The molecule has 0 radical (unpaired) electrons. The number of carbonyl (C=O) groups is 1. The quantitative estimate of drug-likeness (QED) is 0.643. The van der Waals surface area contributed by atoms with Crippen molar-refractivity contribution in [3.63, 3.8) is 0 Å². The monoisotopic (exact) mass is 381 g/mol. The summed E-state index contributed by atoms with van der Waals surface area (Å²) in [4.78, 5) is 17.2. The number of para-hydroxylation sites is 2. The van der Waals surface area contributed by atoms with Crippen molar-refractivity contribution in [2.24, 2.45) is 0 Å². The van der Waals surface area contributed by atoms with E-state index in [1.807, 2.05) is 43.3 Å². The third-order valence-electron chi connectivity index (χ3n) is 4.82.